The molecule has 0 radical (unpaired) electrons. The van der Waals surface area contributed by atoms with Crippen LogP contribution in [-0.4, -0.2) is 43.5 Å². The quantitative estimate of drug-likeness (QED) is 0.775. The molecule has 2 rings (SSSR count). The number of nitrogens with zero attached hydrogens (tertiary/aromatic N) is 2. The van der Waals surface area contributed by atoms with Gasteiger partial charge in [-0.1, -0.05) is 6.07 Å². The first kappa shape index (κ1) is 11.4. The zero-order valence-corrected chi connectivity index (χ0v) is 10.2. The minimum Gasteiger partial charge on any atom is -0.399 e. The molecule has 3 nitrogen and oxygen atoms in total. The second kappa shape index (κ2) is 4.85. The highest BCUT2D eigenvalue weighted by Crippen LogP contribution is 2.20. The van der Waals surface area contributed by atoms with E-state index in [0.717, 1.165) is 38.3 Å². The van der Waals surface area contributed by atoms with Gasteiger partial charge in [-0.2, -0.15) is 0 Å². The van der Waals surface area contributed by atoms with Crippen LogP contribution >= 0.6 is 0 Å². The summed E-state index contributed by atoms with van der Waals surface area (Å²) in [7, 11) is 4.25. The van der Waals surface area contributed by atoms with Crippen LogP contribution in [0.3, 0.4) is 0 Å². The van der Waals surface area contributed by atoms with Crippen molar-refractivity contribution in [2.24, 2.45) is 0 Å². The molecule has 1 aliphatic rings. The number of anilines is 1. The average Bonchev–Trinajstić information content (AvgIpc) is 2.26. The number of benzene rings is 1. The van der Waals surface area contributed by atoms with Gasteiger partial charge in [-0.15, -0.1) is 0 Å². The Morgan fingerprint density at radius 2 is 2.12 bits per heavy atom. The van der Waals surface area contributed by atoms with E-state index in [9.17, 15) is 0 Å². The molecule has 3 heteroatoms. The Kier molecular flexibility index (Phi) is 3.46. The fourth-order valence-corrected chi connectivity index (χ4v) is 2.16. The van der Waals surface area contributed by atoms with Gasteiger partial charge in [0.25, 0.3) is 0 Å². The van der Waals surface area contributed by atoms with E-state index in [0.29, 0.717) is 0 Å². The van der Waals surface area contributed by atoms with Crippen LogP contribution < -0.4 is 5.73 Å². The number of fused-ring (bicyclic) bond motifs is 1. The van der Waals surface area contributed by atoms with Crippen molar-refractivity contribution >= 4 is 5.69 Å². The molecule has 0 atom stereocenters. The van der Waals surface area contributed by atoms with E-state index in [1.165, 1.54) is 11.1 Å². The number of hydrogen-bond acceptors (Lipinski definition) is 3. The number of hydrogen-bond donors (Lipinski definition) is 1. The second-order valence-electron chi connectivity index (χ2n) is 4.86. The first-order valence-electron chi connectivity index (χ1n) is 5.89. The van der Waals surface area contributed by atoms with Gasteiger partial charge >= 0.3 is 0 Å². The standard InChI is InChI=1S/C13H21N3/c1-15(2)7-8-16-6-5-11-9-13(14)4-3-12(11)10-16/h3-4,9H,5-8,10,14H2,1-2H3. The van der Waals surface area contributed by atoms with Gasteiger partial charge in [0.05, 0.1) is 0 Å². The second-order valence-corrected chi connectivity index (χ2v) is 4.86. The zero-order chi connectivity index (χ0) is 11.5. The molecule has 2 N–H and O–H groups in total. The van der Waals surface area contributed by atoms with Crippen molar-refractivity contribution in [1.29, 1.82) is 0 Å². The lowest BCUT2D eigenvalue weighted by Gasteiger charge is -2.29. The minimum atomic E-state index is 0.889. The number of likely N-dealkylation sites (N-methyl/N-ethyl adjacent to an activating group) is 1. The maximum atomic E-state index is 5.79. The molecule has 1 aromatic carbocycles. The Morgan fingerprint density at radius 3 is 2.88 bits per heavy atom. The fourth-order valence-electron chi connectivity index (χ4n) is 2.16. The molecule has 1 aliphatic heterocycles. The van der Waals surface area contributed by atoms with Crippen LogP contribution in [0.1, 0.15) is 11.1 Å². The highest BCUT2D eigenvalue weighted by molar-refractivity contribution is 5.45. The van der Waals surface area contributed by atoms with Crippen molar-refractivity contribution < 1.29 is 0 Å². The molecule has 0 aromatic heterocycles. The molecule has 0 saturated carbocycles. The molecule has 16 heavy (non-hydrogen) atoms. The minimum absolute atomic E-state index is 0.889. The van der Waals surface area contributed by atoms with E-state index in [2.05, 4.69) is 36.0 Å². The molecule has 0 bridgehead atoms. The fraction of sp³-hybridized carbons (Fsp3) is 0.538. The number of nitrogen functional groups attached to an aromatic ring is 1. The van der Waals surface area contributed by atoms with Crippen molar-refractivity contribution in [3.63, 3.8) is 0 Å². The number of rotatable bonds is 3. The van der Waals surface area contributed by atoms with Gasteiger partial charge in [0.1, 0.15) is 0 Å². The summed E-state index contributed by atoms with van der Waals surface area (Å²) in [5, 5.41) is 0. The molecule has 0 fully saturated rings. The van der Waals surface area contributed by atoms with Gasteiger partial charge in [0.15, 0.2) is 0 Å². The molecule has 0 saturated heterocycles. The van der Waals surface area contributed by atoms with E-state index in [4.69, 9.17) is 5.73 Å². The van der Waals surface area contributed by atoms with Crippen LogP contribution in [0.15, 0.2) is 18.2 Å². The summed E-state index contributed by atoms with van der Waals surface area (Å²) in [5.41, 5.74) is 9.56. The van der Waals surface area contributed by atoms with Crippen LogP contribution in [0.4, 0.5) is 5.69 Å². The Hall–Kier alpha value is -1.06. The summed E-state index contributed by atoms with van der Waals surface area (Å²) in [6.45, 7) is 4.51. The van der Waals surface area contributed by atoms with Crippen LogP contribution in [0, 0.1) is 0 Å². The van der Waals surface area contributed by atoms with Gasteiger partial charge in [-0.3, -0.25) is 4.90 Å². The largest absolute Gasteiger partial charge is 0.399 e. The summed E-state index contributed by atoms with van der Waals surface area (Å²) < 4.78 is 0. The SMILES string of the molecule is CN(C)CCN1CCc2cc(N)ccc2C1. The van der Waals surface area contributed by atoms with E-state index in [-0.39, 0.29) is 0 Å². The summed E-state index contributed by atoms with van der Waals surface area (Å²) in [6.07, 6.45) is 1.13. The van der Waals surface area contributed by atoms with Crippen LogP contribution in [0.2, 0.25) is 0 Å². The lowest BCUT2D eigenvalue weighted by atomic mass is 9.99. The molecule has 0 aliphatic carbocycles. The smallest absolute Gasteiger partial charge is 0.0316 e. The van der Waals surface area contributed by atoms with Gasteiger partial charge in [0, 0.05) is 31.9 Å². The Balaban J connectivity index is 1.98. The first-order chi connectivity index (χ1) is 7.65. The molecular weight excluding hydrogens is 198 g/mol. The van der Waals surface area contributed by atoms with Gasteiger partial charge in [-0.25, -0.2) is 0 Å². The predicted octanol–water partition coefficient (Wildman–Crippen LogP) is 1.19. The lowest BCUT2D eigenvalue weighted by Crippen LogP contribution is -2.35. The molecule has 0 amide bonds. The van der Waals surface area contributed by atoms with Crippen LogP contribution in [0.5, 0.6) is 0 Å². The predicted molar refractivity (Wildman–Crippen MR) is 68.4 cm³/mol. The Labute approximate surface area is 97.8 Å². The third-order valence-corrected chi connectivity index (χ3v) is 3.19. The third kappa shape index (κ3) is 2.74. The summed E-state index contributed by atoms with van der Waals surface area (Å²) in [4.78, 5) is 4.75. The summed E-state index contributed by atoms with van der Waals surface area (Å²) in [5.74, 6) is 0. The maximum Gasteiger partial charge on any atom is 0.0316 e. The number of nitrogens with two attached hydrogens (primary N) is 1. The van der Waals surface area contributed by atoms with Crippen molar-refractivity contribution in [3.8, 4) is 0 Å². The molecule has 88 valence electrons. The Bertz CT molecular complexity index is 360. The Morgan fingerprint density at radius 1 is 1.31 bits per heavy atom. The highest BCUT2D eigenvalue weighted by atomic mass is 15.2. The normalized spacial score (nSPS) is 16.4. The molecule has 0 spiro atoms. The topological polar surface area (TPSA) is 32.5 Å². The van der Waals surface area contributed by atoms with Crippen molar-refractivity contribution in [3.05, 3.63) is 29.3 Å². The van der Waals surface area contributed by atoms with Crippen molar-refractivity contribution in [1.82, 2.24) is 9.80 Å². The summed E-state index contributed by atoms with van der Waals surface area (Å²) in [6, 6.07) is 6.30. The monoisotopic (exact) mass is 219 g/mol. The van der Waals surface area contributed by atoms with Crippen LogP contribution in [0.25, 0.3) is 0 Å². The molecular formula is C13H21N3. The van der Waals surface area contributed by atoms with Crippen LogP contribution in [-0.2, 0) is 13.0 Å². The van der Waals surface area contributed by atoms with E-state index in [1.807, 2.05) is 6.07 Å². The highest BCUT2D eigenvalue weighted by Gasteiger charge is 2.15. The van der Waals surface area contributed by atoms with Gasteiger partial charge in [0.2, 0.25) is 0 Å². The summed E-state index contributed by atoms with van der Waals surface area (Å²) >= 11 is 0. The van der Waals surface area contributed by atoms with E-state index < -0.39 is 0 Å². The molecule has 0 unspecified atom stereocenters. The van der Waals surface area contributed by atoms with Crippen molar-refractivity contribution in [2.75, 3.05) is 39.5 Å². The van der Waals surface area contributed by atoms with Crippen molar-refractivity contribution in [2.45, 2.75) is 13.0 Å². The molecule has 1 aromatic rings. The lowest BCUT2D eigenvalue weighted by molar-refractivity contribution is 0.225. The van der Waals surface area contributed by atoms with E-state index >= 15 is 0 Å². The first-order valence-corrected chi connectivity index (χ1v) is 5.89. The maximum absolute atomic E-state index is 5.79. The zero-order valence-electron chi connectivity index (χ0n) is 10.2. The van der Waals surface area contributed by atoms with Gasteiger partial charge < -0.3 is 10.6 Å². The molecule has 1 heterocycles. The van der Waals surface area contributed by atoms with Gasteiger partial charge in [-0.05, 0) is 43.8 Å². The third-order valence-electron chi connectivity index (χ3n) is 3.19. The average molecular weight is 219 g/mol. The van der Waals surface area contributed by atoms with E-state index in [1.54, 1.807) is 0 Å².